The van der Waals surface area contributed by atoms with Crippen molar-refractivity contribution in [3.8, 4) is 11.3 Å². The van der Waals surface area contributed by atoms with Crippen molar-refractivity contribution < 1.29 is 4.52 Å². The van der Waals surface area contributed by atoms with Crippen molar-refractivity contribution in [2.24, 2.45) is 4.99 Å². The van der Waals surface area contributed by atoms with Crippen molar-refractivity contribution in [2.75, 3.05) is 14.1 Å². The lowest BCUT2D eigenvalue weighted by molar-refractivity contribution is 0.391. The lowest BCUT2D eigenvalue weighted by atomic mass is 10.1. The van der Waals surface area contributed by atoms with E-state index in [9.17, 15) is 0 Å². The molecule has 3 aromatic rings. The molecule has 26 heavy (non-hydrogen) atoms. The van der Waals surface area contributed by atoms with Gasteiger partial charge in [-0.1, -0.05) is 28.9 Å². The van der Waals surface area contributed by atoms with Crippen LogP contribution in [0.3, 0.4) is 0 Å². The molecule has 0 amide bonds. The lowest BCUT2D eigenvalue weighted by Gasteiger charge is -2.20. The SMILES string of the molecule is CN=C(NCc1nc(-c2ccc(Cl)cc2)c(C)s1)N(C)Cc1ccon1. The van der Waals surface area contributed by atoms with Gasteiger partial charge in [0.15, 0.2) is 5.96 Å². The summed E-state index contributed by atoms with van der Waals surface area (Å²) in [4.78, 5) is 12.2. The maximum atomic E-state index is 5.97. The van der Waals surface area contributed by atoms with Crippen molar-refractivity contribution in [3.05, 3.63) is 57.2 Å². The molecule has 0 aliphatic heterocycles. The number of nitrogens with one attached hydrogen (secondary N) is 1. The van der Waals surface area contributed by atoms with Crippen molar-refractivity contribution in [1.29, 1.82) is 0 Å². The van der Waals surface area contributed by atoms with Crippen LogP contribution in [0.4, 0.5) is 0 Å². The van der Waals surface area contributed by atoms with Crippen LogP contribution < -0.4 is 5.32 Å². The highest BCUT2D eigenvalue weighted by Crippen LogP contribution is 2.28. The number of hydrogen-bond donors (Lipinski definition) is 1. The zero-order valence-corrected chi connectivity index (χ0v) is 16.4. The zero-order valence-electron chi connectivity index (χ0n) is 14.9. The van der Waals surface area contributed by atoms with Crippen molar-refractivity contribution >= 4 is 28.9 Å². The normalized spacial score (nSPS) is 11.6. The fourth-order valence-electron chi connectivity index (χ4n) is 2.58. The molecule has 136 valence electrons. The third-order valence-electron chi connectivity index (χ3n) is 3.82. The molecule has 0 aliphatic rings. The summed E-state index contributed by atoms with van der Waals surface area (Å²) in [7, 11) is 3.71. The summed E-state index contributed by atoms with van der Waals surface area (Å²) < 4.78 is 4.87. The standard InChI is InChI=1S/C18H20ClN5OS/c1-12-17(13-4-6-14(19)7-5-13)22-16(26-12)10-21-18(20-2)24(3)11-15-8-9-25-23-15/h4-9H,10-11H2,1-3H3,(H,20,21). The predicted octanol–water partition coefficient (Wildman–Crippen LogP) is 3.97. The smallest absolute Gasteiger partial charge is 0.194 e. The minimum absolute atomic E-state index is 0.606. The van der Waals surface area contributed by atoms with Gasteiger partial charge in [-0.25, -0.2) is 4.98 Å². The fraction of sp³-hybridized carbons (Fsp3) is 0.278. The number of aryl methyl sites for hydroxylation is 1. The average Bonchev–Trinajstić information content (AvgIpc) is 3.26. The summed E-state index contributed by atoms with van der Waals surface area (Å²) in [5.74, 6) is 0.772. The van der Waals surface area contributed by atoms with Crippen LogP contribution in [0.15, 0.2) is 46.1 Å². The highest BCUT2D eigenvalue weighted by Gasteiger charge is 2.12. The summed E-state index contributed by atoms with van der Waals surface area (Å²) in [6.45, 7) is 3.30. The molecule has 1 aromatic carbocycles. The first-order valence-electron chi connectivity index (χ1n) is 8.10. The van der Waals surface area contributed by atoms with Gasteiger partial charge in [-0.2, -0.15) is 0 Å². The number of rotatable bonds is 5. The van der Waals surface area contributed by atoms with E-state index in [1.807, 2.05) is 42.3 Å². The summed E-state index contributed by atoms with van der Waals surface area (Å²) >= 11 is 7.64. The monoisotopic (exact) mass is 389 g/mol. The minimum atomic E-state index is 0.606. The molecule has 0 unspecified atom stereocenters. The molecule has 0 radical (unpaired) electrons. The van der Waals surface area contributed by atoms with E-state index in [1.165, 1.54) is 4.88 Å². The second-order valence-electron chi connectivity index (χ2n) is 5.77. The largest absolute Gasteiger partial charge is 0.364 e. The van der Waals surface area contributed by atoms with Gasteiger partial charge in [0, 0.05) is 35.6 Å². The Balaban J connectivity index is 1.65. The molecule has 0 aliphatic carbocycles. The molecular formula is C18H20ClN5OS. The molecule has 8 heteroatoms. The molecule has 1 N–H and O–H groups in total. The summed E-state index contributed by atoms with van der Waals surface area (Å²) in [6.07, 6.45) is 1.57. The van der Waals surface area contributed by atoms with E-state index in [4.69, 9.17) is 21.1 Å². The van der Waals surface area contributed by atoms with Gasteiger partial charge in [0.2, 0.25) is 0 Å². The first-order chi connectivity index (χ1) is 12.6. The van der Waals surface area contributed by atoms with Crippen LogP contribution in [-0.2, 0) is 13.1 Å². The van der Waals surface area contributed by atoms with Gasteiger partial charge >= 0.3 is 0 Å². The fourth-order valence-corrected chi connectivity index (χ4v) is 3.60. The van der Waals surface area contributed by atoms with E-state index in [1.54, 1.807) is 24.6 Å². The first-order valence-corrected chi connectivity index (χ1v) is 9.29. The Hall–Kier alpha value is -2.38. The van der Waals surface area contributed by atoms with Gasteiger partial charge in [0.1, 0.15) is 17.0 Å². The minimum Gasteiger partial charge on any atom is -0.364 e. The Morgan fingerprint density at radius 2 is 2.08 bits per heavy atom. The Morgan fingerprint density at radius 1 is 1.31 bits per heavy atom. The maximum Gasteiger partial charge on any atom is 0.194 e. The lowest BCUT2D eigenvalue weighted by Crippen LogP contribution is -2.38. The van der Waals surface area contributed by atoms with Crippen LogP contribution in [0.5, 0.6) is 0 Å². The van der Waals surface area contributed by atoms with Crippen LogP contribution in [0.25, 0.3) is 11.3 Å². The summed E-state index contributed by atoms with van der Waals surface area (Å²) in [5, 5.41) is 9.00. The number of aliphatic imine (C=N–C) groups is 1. The molecule has 0 fully saturated rings. The third kappa shape index (κ3) is 4.42. The molecule has 0 bridgehead atoms. The van der Waals surface area contributed by atoms with Crippen LogP contribution >= 0.6 is 22.9 Å². The zero-order chi connectivity index (χ0) is 18.5. The Bertz CT molecular complexity index is 874. The Labute approximate surface area is 161 Å². The van der Waals surface area contributed by atoms with E-state index >= 15 is 0 Å². The summed E-state index contributed by atoms with van der Waals surface area (Å²) in [5.41, 5.74) is 2.92. The molecule has 0 saturated heterocycles. The molecule has 0 spiro atoms. The first kappa shape index (κ1) is 18.4. The summed E-state index contributed by atoms with van der Waals surface area (Å²) in [6, 6.07) is 9.59. The van der Waals surface area contributed by atoms with Gasteiger partial charge in [-0.3, -0.25) is 4.99 Å². The van der Waals surface area contributed by atoms with Gasteiger partial charge in [-0.15, -0.1) is 11.3 Å². The van der Waals surface area contributed by atoms with E-state index in [0.29, 0.717) is 13.1 Å². The van der Waals surface area contributed by atoms with Crippen LogP contribution in [-0.4, -0.2) is 35.1 Å². The predicted molar refractivity (Wildman–Crippen MR) is 105 cm³/mol. The van der Waals surface area contributed by atoms with Crippen LogP contribution in [0, 0.1) is 6.92 Å². The van der Waals surface area contributed by atoms with Gasteiger partial charge in [0.05, 0.1) is 18.8 Å². The van der Waals surface area contributed by atoms with Gasteiger partial charge in [-0.05, 0) is 19.1 Å². The molecular weight excluding hydrogens is 370 g/mol. The quantitative estimate of drug-likeness (QED) is 0.528. The highest BCUT2D eigenvalue weighted by molar-refractivity contribution is 7.12. The number of aromatic nitrogens is 2. The van der Waals surface area contributed by atoms with Crippen molar-refractivity contribution in [3.63, 3.8) is 0 Å². The van der Waals surface area contributed by atoms with Crippen molar-refractivity contribution in [2.45, 2.75) is 20.0 Å². The van der Waals surface area contributed by atoms with Gasteiger partial charge < -0.3 is 14.7 Å². The van der Waals surface area contributed by atoms with Crippen LogP contribution in [0.1, 0.15) is 15.6 Å². The number of thiazole rings is 1. The third-order valence-corrected chi connectivity index (χ3v) is 5.04. The van der Waals surface area contributed by atoms with Crippen LogP contribution in [0.2, 0.25) is 5.02 Å². The molecule has 3 rings (SSSR count). The van der Waals surface area contributed by atoms with Gasteiger partial charge in [0.25, 0.3) is 0 Å². The Kier molecular flexibility index (Phi) is 5.90. The van der Waals surface area contributed by atoms with Crippen molar-refractivity contribution in [1.82, 2.24) is 20.4 Å². The van der Waals surface area contributed by atoms with E-state index in [2.05, 4.69) is 22.4 Å². The number of guanidine groups is 1. The molecule has 6 nitrogen and oxygen atoms in total. The number of nitrogens with zero attached hydrogens (tertiary/aromatic N) is 4. The number of hydrogen-bond acceptors (Lipinski definition) is 5. The number of benzene rings is 1. The molecule has 2 heterocycles. The molecule has 2 aromatic heterocycles. The highest BCUT2D eigenvalue weighted by atomic mass is 35.5. The maximum absolute atomic E-state index is 5.97. The second kappa shape index (κ2) is 8.33. The van der Waals surface area contributed by atoms with E-state index < -0.39 is 0 Å². The average molecular weight is 390 g/mol. The van der Waals surface area contributed by atoms with E-state index in [-0.39, 0.29) is 0 Å². The second-order valence-corrected chi connectivity index (χ2v) is 7.49. The number of halogens is 1. The van der Waals surface area contributed by atoms with E-state index in [0.717, 1.165) is 32.9 Å². The Morgan fingerprint density at radius 3 is 2.73 bits per heavy atom. The molecule has 0 atom stereocenters. The topological polar surface area (TPSA) is 66.6 Å². The molecule has 0 saturated carbocycles.